The molecular formula is C17H17FN2O4S. The minimum atomic E-state index is -1.29. The number of rotatable bonds is 3. The molecule has 0 saturated carbocycles. The number of halogens is 1. The van der Waals surface area contributed by atoms with Crippen molar-refractivity contribution in [1.82, 2.24) is 4.57 Å². The van der Waals surface area contributed by atoms with Gasteiger partial charge < -0.3 is 19.7 Å². The van der Waals surface area contributed by atoms with Crippen LogP contribution in [0, 0.1) is 11.7 Å². The predicted molar refractivity (Wildman–Crippen MR) is 93.1 cm³/mol. The number of aromatic carboxylic acids is 1. The summed E-state index contributed by atoms with van der Waals surface area (Å²) in [5.41, 5.74) is 0.0161. The molecule has 0 spiro atoms. The Morgan fingerprint density at radius 3 is 2.80 bits per heavy atom. The molecule has 0 amide bonds. The number of aromatic nitrogens is 1. The number of carboxylic acids is 1. The molecule has 2 unspecified atom stereocenters. The molecule has 132 valence electrons. The molecule has 1 saturated heterocycles. The predicted octanol–water partition coefficient (Wildman–Crippen LogP) is 2.28. The molecule has 3 heterocycles. The van der Waals surface area contributed by atoms with Gasteiger partial charge in [-0.3, -0.25) is 4.79 Å². The summed E-state index contributed by atoms with van der Waals surface area (Å²) in [6.07, 6.45) is 0.788. The number of benzene rings is 1. The zero-order valence-electron chi connectivity index (χ0n) is 13.5. The molecule has 0 bridgehead atoms. The summed E-state index contributed by atoms with van der Waals surface area (Å²) in [5.74, 6) is -1.71. The lowest BCUT2D eigenvalue weighted by atomic mass is 10.1. The van der Waals surface area contributed by atoms with Crippen molar-refractivity contribution < 1.29 is 19.4 Å². The molecule has 2 aliphatic rings. The van der Waals surface area contributed by atoms with Crippen LogP contribution in [0.4, 0.5) is 10.1 Å². The molecule has 1 aromatic carbocycles. The van der Waals surface area contributed by atoms with Crippen LogP contribution in [0.1, 0.15) is 29.1 Å². The van der Waals surface area contributed by atoms with Crippen LogP contribution in [0.25, 0.3) is 10.9 Å². The average Bonchev–Trinajstić information content (AvgIpc) is 3.03. The number of fused-ring (bicyclic) bond motifs is 3. The molecule has 6 nitrogen and oxygen atoms in total. The lowest BCUT2D eigenvalue weighted by Crippen LogP contribution is -2.29. The third kappa shape index (κ3) is 2.35. The summed E-state index contributed by atoms with van der Waals surface area (Å²) >= 11 is 1.33. The first-order valence-electron chi connectivity index (χ1n) is 8.10. The highest BCUT2D eigenvalue weighted by Gasteiger charge is 2.33. The first-order valence-corrected chi connectivity index (χ1v) is 8.97. The summed E-state index contributed by atoms with van der Waals surface area (Å²) in [4.78, 5) is 25.9. The molecule has 8 heteroatoms. The van der Waals surface area contributed by atoms with Gasteiger partial charge in [-0.05, 0) is 25.5 Å². The number of pyridine rings is 1. The summed E-state index contributed by atoms with van der Waals surface area (Å²) in [7, 11) is 0. The van der Waals surface area contributed by atoms with Gasteiger partial charge in [0.1, 0.15) is 11.4 Å². The lowest BCUT2D eigenvalue weighted by molar-refractivity contribution is 0.0689. The summed E-state index contributed by atoms with van der Waals surface area (Å²) in [6, 6.07) is 2.78. The molecule has 4 rings (SSSR count). The van der Waals surface area contributed by atoms with Crippen LogP contribution >= 0.6 is 11.8 Å². The third-order valence-electron chi connectivity index (χ3n) is 4.97. The quantitative estimate of drug-likeness (QED) is 0.870. The van der Waals surface area contributed by atoms with Gasteiger partial charge in [0, 0.05) is 31.0 Å². The number of carboxylic acid groups (broad SMARTS) is 1. The summed E-state index contributed by atoms with van der Waals surface area (Å²) in [6.45, 7) is 3.18. The molecule has 2 N–H and O–H groups in total. The van der Waals surface area contributed by atoms with Crippen molar-refractivity contribution in [3.8, 4) is 0 Å². The molecular weight excluding hydrogens is 347 g/mol. The summed E-state index contributed by atoms with van der Waals surface area (Å²) in [5, 5.41) is 19.1. The fourth-order valence-corrected chi connectivity index (χ4v) is 4.82. The second kappa shape index (κ2) is 5.74. The normalized spacial score (nSPS) is 22.1. The Morgan fingerprint density at radius 1 is 1.44 bits per heavy atom. The van der Waals surface area contributed by atoms with Gasteiger partial charge in [-0.15, -0.1) is 0 Å². The number of hydrogen-bond acceptors (Lipinski definition) is 5. The number of nitrogens with zero attached hydrogens (tertiary/aromatic N) is 2. The van der Waals surface area contributed by atoms with Crippen LogP contribution in [-0.2, 0) is 0 Å². The van der Waals surface area contributed by atoms with Gasteiger partial charge in [0.05, 0.1) is 21.6 Å². The highest BCUT2D eigenvalue weighted by molar-refractivity contribution is 8.00. The van der Waals surface area contributed by atoms with E-state index in [2.05, 4.69) is 0 Å². The highest BCUT2D eigenvalue weighted by Crippen LogP contribution is 2.46. The molecule has 0 radical (unpaired) electrons. The van der Waals surface area contributed by atoms with Crippen LogP contribution in [0.5, 0.6) is 0 Å². The fourth-order valence-electron chi connectivity index (χ4n) is 3.67. The van der Waals surface area contributed by atoms with Crippen LogP contribution < -0.4 is 10.3 Å². The minimum Gasteiger partial charge on any atom is -0.477 e. The van der Waals surface area contributed by atoms with E-state index in [-0.39, 0.29) is 28.8 Å². The minimum absolute atomic E-state index is 0.0155. The van der Waals surface area contributed by atoms with Crippen LogP contribution in [0.2, 0.25) is 0 Å². The number of aliphatic hydroxyl groups is 1. The van der Waals surface area contributed by atoms with Crippen molar-refractivity contribution in [2.75, 3.05) is 24.6 Å². The van der Waals surface area contributed by atoms with E-state index in [4.69, 9.17) is 0 Å². The van der Waals surface area contributed by atoms with E-state index in [1.54, 1.807) is 10.6 Å². The smallest absolute Gasteiger partial charge is 0.342 e. The zero-order valence-corrected chi connectivity index (χ0v) is 14.3. The molecule has 0 aliphatic carbocycles. The van der Waals surface area contributed by atoms with Crippen LogP contribution in [0.3, 0.4) is 0 Å². The van der Waals surface area contributed by atoms with Crippen molar-refractivity contribution >= 4 is 34.3 Å². The maximum atomic E-state index is 14.7. The van der Waals surface area contributed by atoms with Gasteiger partial charge in [-0.2, -0.15) is 0 Å². The van der Waals surface area contributed by atoms with E-state index < -0.39 is 17.2 Å². The molecule has 2 aliphatic heterocycles. The summed E-state index contributed by atoms with van der Waals surface area (Å²) < 4.78 is 16.4. The number of thioether (sulfide) groups is 1. The van der Waals surface area contributed by atoms with Crippen molar-refractivity contribution in [2.45, 2.75) is 23.7 Å². The molecule has 2 atom stereocenters. The zero-order chi connectivity index (χ0) is 17.9. The van der Waals surface area contributed by atoms with Gasteiger partial charge >= 0.3 is 5.97 Å². The largest absolute Gasteiger partial charge is 0.477 e. The van der Waals surface area contributed by atoms with Gasteiger partial charge in [-0.1, -0.05) is 11.8 Å². The SMILES string of the molecule is CC1Sc2c(C(=O)O)c(=O)c3cc(F)c(N4CCC(CO)C4)cc3n21. The Balaban J connectivity index is 1.93. The highest BCUT2D eigenvalue weighted by atomic mass is 32.2. The fraction of sp³-hybridized carbons (Fsp3) is 0.412. The van der Waals surface area contributed by atoms with Crippen molar-refractivity contribution in [3.05, 3.63) is 33.7 Å². The first-order chi connectivity index (χ1) is 11.9. The van der Waals surface area contributed by atoms with Crippen LogP contribution in [0.15, 0.2) is 22.0 Å². The van der Waals surface area contributed by atoms with Gasteiger partial charge in [0.15, 0.2) is 0 Å². The number of hydrogen-bond donors (Lipinski definition) is 2. The number of aliphatic hydroxyl groups excluding tert-OH is 1. The molecule has 1 fully saturated rings. The van der Waals surface area contributed by atoms with Gasteiger partial charge in [0.25, 0.3) is 0 Å². The van der Waals surface area contributed by atoms with Crippen molar-refractivity contribution in [2.24, 2.45) is 5.92 Å². The van der Waals surface area contributed by atoms with Gasteiger partial charge in [0.2, 0.25) is 5.43 Å². The van der Waals surface area contributed by atoms with E-state index >= 15 is 0 Å². The molecule has 25 heavy (non-hydrogen) atoms. The standard InChI is InChI=1S/C17H17FN2O4S/c1-8-20-12-5-13(19-3-2-9(6-19)7-21)11(18)4-10(12)15(22)14(17(23)24)16(20)25-8/h4-5,8-9,21H,2-3,6-7H2,1H3,(H,23,24). The van der Waals surface area contributed by atoms with E-state index in [0.717, 1.165) is 12.5 Å². The Hall–Kier alpha value is -2.06. The topological polar surface area (TPSA) is 82.8 Å². The van der Waals surface area contributed by atoms with Crippen molar-refractivity contribution in [3.63, 3.8) is 0 Å². The Kier molecular flexibility index (Phi) is 3.77. The first kappa shape index (κ1) is 16.4. The Morgan fingerprint density at radius 2 is 2.20 bits per heavy atom. The van der Waals surface area contributed by atoms with Crippen LogP contribution in [-0.4, -0.2) is 40.4 Å². The van der Waals surface area contributed by atoms with E-state index in [1.165, 1.54) is 11.8 Å². The number of anilines is 1. The molecule has 2 aromatic rings. The lowest BCUT2D eigenvalue weighted by Gasteiger charge is -2.33. The second-order valence-electron chi connectivity index (χ2n) is 6.51. The van der Waals surface area contributed by atoms with Crippen molar-refractivity contribution in [1.29, 1.82) is 0 Å². The Labute approximate surface area is 146 Å². The third-order valence-corrected chi connectivity index (χ3v) is 6.15. The average molecular weight is 364 g/mol. The Bertz CT molecular complexity index is 958. The second-order valence-corrected chi connectivity index (χ2v) is 7.81. The maximum Gasteiger partial charge on any atom is 0.342 e. The monoisotopic (exact) mass is 364 g/mol. The van der Waals surface area contributed by atoms with E-state index in [0.29, 0.717) is 29.3 Å². The van der Waals surface area contributed by atoms with E-state index in [9.17, 15) is 24.2 Å². The molecule has 1 aromatic heterocycles. The number of carbonyl (C=O) groups is 1. The van der Waals surface area contributed by atoms with E-state index in [1.807, 2.05) is 11.8 Å². The maximum absolute atomic E-state index is 14.7. The van der Waals surface area contributed by atoms with Gasteiger partial charge in [-0.25, -0.2) is 9.18 Å².